The first kappa shape index (κ1) is 9.00. The first-order valence-corrected chi connectivity index (χ1v) is 4.08. The minimum absolute atomic E-state index is 0.0275. The Morgan fingerprint density at radius 3 is 3.00 bits per heavy atom. The lowest BCUT2D eigenvalue weighted by atomic mass is 10.1. The third-order valence-corrected chi connectivity index (χ3v) is 1.60. The fraction of sp³-hybridized carbons (Fsp3) is 0.444. The van der Waals surface area contributed by atoms with Gasteiger partial charge >= 0.3 is 0 Å². The maximum absolute atomic E-state index is 5.72. The molecule has 0 aromatic carbocycles. The number of nitrogens with zero attached hydrogens (tertiary/aromatic N) is 1. The summed E-state index contributed by atoms with van der Waals surface area (Å²) < 4.78 is 5.38. The fourth-order valence-electron chi connectivity index (χ4n) is 1.02. The third-order valence-electron chi connectivity index (χ3n) is 1.60. The van der Waals surface area contributed by atoms with Crippen LogP contribution in [0, 0.1) is 0 Å². The van der Waals surface area contributed by atoms with Crippen LogP contribution in [0.4, 0.5) is 0 Å². The van der Waals surface area contributed by atoms with Gasteiger partial charge in [0.1, 0.15) is 5.75 Å². The number of ether oxygens (including phenoxy) is 1. The van der Waals surface area contributed by atoms with E-state index in [9.17, 15) is 0 Å². The van der Waals surface area contributed by atoms with E-state index in [2.05, 4.69) is 4.98 Å². The van der Waals surface area contributed by atoms with Crippen molar-refractivity contribution in [2.24, 2.45) is 5.73 Å². The zero-order valence-electron chi connectivity index (χ0n) is 7.45. The zero-order chi connectivity index (χ0) is 8.97. The molecule has 12 heavy (non-hydrogen) atoms. The topological polar surface area (TPSA) is 48.1 Å². The standard InChI is InChI=1S/C9H14N2O/c1-3-12-9-4-5-11-6-8(9)7(2)10/h4-7H,3,10H2,1-2H3/t7-/m0/s1. The molecule has 0 saturated heterocycles. The summed E-state index contributed by atoms with van der Waals surface area (Å²) in [7, 11) is 0. The van der Waals surface area contributed by atoms with Gasteiger partial charge in [-0.05, 0) is 19.9 Å². The van der Waals surface area contributed by atoms with E-state index >= 15 is 0 Å². The number of hydrogen-bond donors (Lipinski definition) is 1. The Morgan fingerprint density at radius 2 is 2.42 bits per heavy atom. The summed E-state index contributed by atoms with van der Waals surface area (Å²) in [6, 6.07) is 1.81. The molecule has 1 rings (SSSR count). The molecule has 0 bridgehead atoms. The molecule has 0 aliphatic heterocycles. The van der Waals surface area contributed by atoms with Gasteiger partial charge in [-0.1, -0.05) is 0 Å². The first-order valence-electron chi connectivity index (χ1n) is 4.08. The Morgan fingerprint density at radius 1 is 1.67 bits per heavy atom. The van der Waals surface area contributed by atoms with Crippen molar-refractivity contribution in [3.63, 3.8) is 0 Å². The molecule has 0 saturated carbocycles. The minimum Gasteiger partial charge on any atom is -0.493 e. The van der Waals surface area contributed by atoms with Gasteiger partial charge in [0.05, 0.1) is 6.61 Å². The molecule has 2 N–H and O–H groups in total. The van der Waals surface area contributed by atoms with Gasteiger partial charge in [-0.15, -0.1) is 0 Å². The lowest BCUT2D eigenvalue weighted by Crippen LogP contribution is -2.08. The lowest BCUT2D eigenvalue weighted by Gasteiger charge is -2.11. The molecule has 1 aromatic rings. The molecule has 0 aliphatic rings. The van der Waals surface area contributed by atoms with Gasteiger partial charge in [-0.2, -0.15) is 0 Å². The maximum atomic E-state index is 5.72. The predicted octanol–water partition coefficient (Wildman–Crippen LogP) is 1.50. The largest absolute Gasteiger partial charge is 0.493 e. The first-order chi connectivity index (χ1) is 5.75. The zero-order valence-corrected chi connectivity index (χ0v) is 7.45. The highest BCUT2D eigenvalue weighted by Gasteiger charge is 2.06. The van der Waals surface area contributed by atoms with Gasteiger partial charge in [0.25, 0.3) is 0 Å². The van der Waals surface area contributed by atoms with E-state index in [0.717, 1.165) is 11.3 Å². The van der Waals surface area contributed by atoms with Crippen molar-refractivity contribution >= 4 is 0 Å². The average Bonchev–Trinajstić information content (AvgIpc) is 2.05. The second-order valence-corrected chi connectivity index (χ2v) is 2.64. The summed E-state index contributed by atoms with van der Waals surface area (Å²) in [4.78, 5) is 3.99. The van der Waals surface area contributed by atoms with E-state index in [1.807, 2.05) is 19.9 Å². The molecule has 1 aromatic heterocycles. The number of pyridine rings is 1. The molecular formula is C9H14N2O. The highest BCUT2D eigenvalue weighted by molar-refractivity contribution is 5.32. The second-order valence-electron chi connectivity index (χ2n) is 2.64. The third kappa shape index (κ3) is 1.95. The number of nitrogens with two attached hydrogens (primary N) is 1. The van der Waals surface area contributed by atoms with Crippen LogP contribution in [0.15, 0.2) is 18.5 Å². The molecule has 3 nitrogen and oxygen atoms in total. The number of rotatable bonds is 3. The van der Waals surface area contributed by atoms with Gasteiger partial charge in [-0.3, -0.25) is 4.98 Å². The summed E-state index contributed by atoms with van der Waals surface area (Å²) in [5.41, 5.74) is 6.68. The quantitative estimate of drug-likeness (QED) is 0.740. The molecule has 0 radical (unpaired) electrons. The van der Waals surface area contributed by atoms with Crippen LogP contribution in [0.5, 0.6) is 5.75 Å². The van der Waals surface area contributed by atoms with Gasteiger partial charge in [0.2, 0.25) is 0 Å². The van der Waals surface area contributed by atoms with Gasteiger partial charge < -0.3 is 10.5 Å². The predicted molar refractivity (Wildman–Crippen MR) is 48.0 cm³/mol. The molecule has 0 unspecified atom stereocenters. The van der Waals surface area contributed by atoms with Crippen LogP contribution >= 0.6 is 0 Å². The average molecular weight is 166 g/mol. The molecule has 66 valence electrons. The van der Waals surface area contributed by atoms with Crippen LogP contribution in [0.1, 0.15) is 25.5 Å². The highest BCUT2D eigenvalue weighted by atomic mass is 16.5. The Labute approximate surface area is 72.6 Å². The Bertz CT molecular complexity index is 248. The molecule has 0 fully saturated rings. The Balaban J connectivity index is 2.92. The van der Waals surface area contributed by atoms with Gasteiger partial charge in [0, 0.05) is 24.0 Å². The molecule has 0 amide bonds. The smallest absolute Gasteiger partial charge is 0.127 e. The summed E-state index contributed by atoms with van der Waals surface area (Å²) in [6.45, 7) is 4.52. The maximum Gasteiger partial charge on any atom is 0.127 e. The SMILES string of the molecule is CCOc1ccncc1[C@H](C)N. The Kier molecular flexibility index (Phi) is 3.05. The van der Waals surface area contributed by atoms with Crippen molar-refractivity contribution in [1.29, 1.82) is 0 Å². The van der Waals surface area contributed by atoms with Gasteiger partial charge in [-0.25, -0.2) is 0 Å². The summed E-state index contributed by atoms with van der Waals surface area (Å²) in [5.74, 6) is 0.836. The van der Waals surface area contributed by atoms with Crippen molar-refractivity contribution in [3.8, 4) is 5.75 Å². The number of hydrogen-bond acceptors (Lipinski definition) is 3. The van der Waals surface area contributed by atoms with Crippen molar-refractivity contribution in [2.45, 2.75) is 19.9 Å². The molecule has 1 atom stereocenters. The van der Waals surface area contributed by atoms with Crippen LogP contribution in [-0.2, 0) is 0 Å². The highest BCUT2D eigenvalue weighted by Crippen LogP contribution is 2.21. The molecule has 1 heterocycles. The molecule has 3 heteroatoms. The van der Waals surface area contributed by atoms with E-state index in [0.29, 0.717) is 6.61 Å². The van der Waals surface area contributed by atoms with E-state index in [1.165, 1.54) is 0 Å². The molecular weight excluding hydrogens is 152 g/mol. The summed E-state index contributed by atoms with van der Waals surface area (Å²) in [6.07, 6.45) is 3.45. The van der Waals surface area contributed by atoms with Crippen molar-refractivity contribution in [2.75, 3.05) is 6.61 Å². The summed E-state index contributed by atoms with van der Waals surface area (Å²) in [5, 5.41) is 0. The molecule has 0 spiro atoms. The Hall–Kier alpha value is -1.09. The second kappa shape index (κ2) is 4.07. The summed E-state index contributed by atoms with van der Waals surface area (Å²) >= 11 is 0. The van der Waals surface area contributed by atoms with Crippen LogP contribution in [0.3, 0.4) is 0 Å². The van der Waals surface area contributed by atoms with Crippen LogP contribution < -0.4 is 10.5 Å². The van der Waals surface area contributed by atoms with E-state index in [1.54, 1.807) is 12.4 Å². The fourth-order valence-corrected chi connectivity index (χ4v) is 1.02. The normalized spacial score (nSPS) is 12.6. The van der Waals surface area contributed by atoms with E-state index < -0.39 is 0 Å². The van der Waals surface area contributed by atoms with Crippen LogP contribution in [0.25, 0.3) is 0 Å². The van der Waals surface area contributed by atoms with Crippen molar-refractivity contribution in [3.05, 3.63) is 24.0 Å². The minimum atomic E-state index is -0.0275. The monoisotopic (exact) mass is 166 g/mol. The van der Waals surface area contributed by atoms with Gasteiger partial charge in [0.15, 0.2) is 0 Å². The molecule has 0 aliphatic carbocycles. The lowest BCUT2D eigenvalue weighted by molar-refractivity contribution is 0.334. The van der Waals surface area contributed by atoms with Crippen molar-refractivity contribution in [1.82, 2.24) is 4.98 Å². The van der Waals surface area contributed by atoms with E-state index in [4.69, 9.17) is 10.5 Å². The van der Waals surface area contributed by atoms with E-state index in [-0.39, 0.29) is 6.04 Å². The van der Waals surface area contributed by atoms with Crippen LogP contribution in [-0.4, -0.2) is 11.6 Å². The van der Waals surface area contributed by atoms with Crippen molar-refractivity contribution < 1.29 is 4.74 Å². The van der Waals surface area contributed by atoms with Crippen LogP contribution in [0.2, 0.25) is 0 Å². The number of aromatic nitrogens is 1.